The number of carbonyl (C=O) groups excluding carboxylic acids is 2. The molecule has 2 heterocycles. The van der Waals surface area contributed by atoms with Gasteiger partial charge in [-0.05, 0) is 19.3 Å². The molecule has 0 unspecified atom stereocenters. The molecule has 3 rings (SSSR count). The second-order valence-electron chi connectivity index (χ2n) is 6.01. The summed E-state index contributed by atoms with van der Waals surface area (Å²) in [6.07, 6.45) is 7.62. The van der Waals surface area contributed by atoms with E-state index in [9.17, 15) is 9.59 Å². The molecule has 7 nitrogen and oxygen atoms in total. The van der Waals surface area contributed by atoms with Crippen molar-refractivity contribution in [1.82, 2.24) is 15.1 Å². The lowest BCUT2D eigenvalue weighted by Gasteiger charge is -2.17. The summed E-state index contributed by atoms with van der Waals surface area (Å²) in [5, 5.41) is 13.3. The van der Waals surface area contributed by atoms with E-state index < -0.39 is 0 Å². The first-order valence-corrected chi connectivity index (χ1v) is 8.11. The van der Waals surface area contributed by atoms with Crippen LogP contribution < -0.4 is 16.0 Å². The highest BCUT2D eigenvalue weighted by molar-refractivity contribution is 5.95. The van der Waals surface area contributed by atoms with Gasteiger partial charge in [-0.3, -0.25) is 9.59 Å². The smallest absolute Gasteiger partial charge is 0.225 e. The summed E-state index contributed by atoms with van der Waals surface area (Å²) in [6, 6.07) is 0.308. The monoisotopic (exact) mass is 305 g/mol. The number of aryl methyl sites for hydroxylation is 1. The molecular weight excluding hydrogens is 282 g/mol. The van der Waals surface area contributed by atoms with Crippen LogP contribution in [0.2, 0.25) is 0 Å². The van der Waals surface area contributed by atoms with Crippen molar-refractivity contribution in [2.75, 3.05) is 17.2 Å². The predicted octanol–water partition coefficient (Wildman–Crippen LogP) is 1.48. The molecule has 1 saturated carbocycles. The number of hydrogen-bond donors (Lipinski definition) is 3. The normalized spacial score (nSPS) is 17.6. The fraction of sp³-hybridized carbons (Fsp3) is 0.667. The van der Waals surface area contributed by atoms with Crippen LogP contribution in [0.25, 0.3) is 0 Å². The summed E-state index contributed by atoms with van der Waals surface area (Å²) in [7, 11) is 0. The van der Waals surface area contributed by atoms with Gasteiger partial charge in [-0.2, -0.15) is 5.10 Å². The van der Waals surface area contributed by atoms with Crippen LogP contribution in [0, 0.1) is 0 Å². The van der Waals surface area contributed by atoms with E-state index in [1.165, 1.54) is 12.8 Å². The Labute approximate surface area is 129 Å². The molecule has 0 bridgehead atoms. The number of carbonyl (C=O) groups is 2. The Morgan fingerprint density at radius 2 is 2.00 bits per heavy atom. The molecule has 22 heavy (non-hydrogen) atoms. The molecule has 1 fully saturated rings. The maximum atomic E-state index is 12.0. The van der Waals surface area contributed by atoms with Crippen molar-refractivity contribution in [2.24, 2.45) is 0 Å². The fourth-order valence-electron chi connectivity index (χ4n) is 3.08. The molecule has 0 spiro atoms. The molecule has 1 aliphatic heterocycles. The molecular formula is C15H23N5O2. The van der Waals surface area contributed by atoms with Gasteiger partial charge in [0.15, 0.2) is 0 Å². The Hall–Kier alpha value is -2.05. The van der Waals surface area contributed by atoms with E-state index in [4.69, 9.17) is 0 Å². The van der Waals surface area contributed by atoms with Crippen molar-refractivity contribution in [3.8, 4) is 0 Å². The minimum atomic E-state index is -0.148. The van der Waals surface area contributed by atoms with E-state index >= 15 is 0 Å². The predicted molar refractivity (Wildman–Crippen MR) is 83.6 cm³/mol. The SMILES string of the molecule is O=C(CCC(=O)NC1CCCC1)Nc1cnn2c1NCCC2. The first-order valence-electron chi connectivity index (χ1n) is 8.11. The molecule has 3 N–H and O–H groups in total. The average Bonchev–Trinajstić information content (AvgIpc) is 3.16. The van der Waals surface area contributed by atoms with E-state index in [1.54, 1.807) is 6.20 Å². The van der Waals surface area contributed by atoms with Gasteiger partial charge in [0.2, 0.25) is 11.8 Å². The molecule has 0 atom stereocenters. The van der Waals surface area contributed by atoms with Gasteiger partial charge in [0.25, 0.3) is 0 Å². The Balaban J connectivity index is 1.44. The molecule has 0 aromatic carbocycles. The molecule has 120 valence electrons. The van der Waals surface area contributed by atoms with Crippen molar-refractivity contribution in [3.05, 3.63) is 6.20 Å². The van der Waals surface area contributed by atoms with Gasteiger partial charge >= 0.3 is 0 Å². The molecule has 0 radical (unpaired) electrons. The summed E-state index contributed by atoms with van der Waals surface area (Å²) < 4.78 is 1.85. The number of nitrogens with zero attached hydrogens (tertiary/aromatic N) is 2. The summed E-state index contributed by atoms with van der Waals surface area (Å²) in [5.41, 5.74) is 0.695. The minimum Gasteiger partial charge on any atom is -0.368 e. The molecule has 7 heteroatoms. The third-order valence-electron chi connectivity index (χ3n) is 4.25. The van der Waals surface area contributed by atoms with Crippen LogP contribution in [-0.4, -0.2) is 34.2 Å². The standard InChI is InChI=1S/C15H23N5O2/c21-13(18-11-4-1-2-5-11)6-7-14(22)19-12-10-17-20-9-3-8-16-15(12)20/h10-11,16H,1-9H2,(H,18,21)(H,19,22). The zero-order valence-electron chi connectivity index (χ0n) is 12.7. The Morgan fingerprint density at radius 1 is 1.23 bits per heavy atom. The summed E-state index contributed by atoms with van der Waals surface area (Å²) in [6.45, 7) is 1.75. The fourth-order valence-corrected chi connectivity index (χ4v) is 3.08. The molecule has 2 amide bonds. The quantitative estimate of drug-likeness (QED) is 0.769. The van der Waals surface area contributed by atoms with Crippen LogP contribution in [-0.2, 0) is 16.1 Å². The zero-order valence-corrected chi connectivity index (χ0v) is 12.7. The average molecular weight is 305 g/mol. The zero-order chi connectivity index (χ0) is 15.4. The number of aromatic nitrogens is 2. The van der Waals surface area contributed by atoms with Crippen LogP contribution in [0.4, 0.5) is 11.5 Å². The van der Waals surface area contributed by atoms with Crippen LogP contribution in [0.15, 0.2) is 6.20 Å². The van der Waals surface area contributed by atoms with Crippen molar-refractivity contribution in [3.63, 3.8) is 0 Å². The Morgan fingerprint density at radius 3 is 2.82 bits per heavy atom. The number of hydrogen-bond acceptors (Lipinski definition) is 4. The first kappa shape index (κ1) is 14.9. The van der Waals surface area contributed by atoms with Gasteiger partial charge in [-0.1, -0.05) is 12.8 Å². The van der Waals surface area contributed by atoms with Gasteiger partial charge in [-0.25, -0.2) is 4.68 Å². The number of nitrogens with one attached hydrogen (secondary N) is 3. The van der Waals surface area contributed by atoms with Gasteiger partial charge in [0, 0.05) is 32.0 Å². The molecule has 1 aliphatic carbocycles. The van der Waals surface area contributed by atoms with Gasteiger partial charge in [-0.15, -0.1) is 0 Å². The van der Waals surface area contributed by atoms with Gasteiger partial charge in [0.1, 0.15) is 11.5 Å². The highest BCUT2D eigenvalue weighted by atomic mass is 16.2. The minimum absolute atomic E-state index is 0.0304. The van der Waals surface area contributed by atoms with Gasteiger partial charge in [0.05, 0.1) is 6.20 Å². The first-order chi connectivity index (χ1) is 10.7. The lowest BCUT2D eigenvalue weighted by atomic mass is 10.2. The third-order valence-corrected chi connectivity index (χ3v) is 4.25. The van der Waals surface area contributed by atoms with E-state index in [-0.39, 0.29) is 24.7 Å². The molecule has 1 aromatic heterocycles. The van der Waals surface area contributed by atoms with Crippen LogP contribution in [0.3, 0.4) is 0 Å². The van der Waals surface area contributed by atoms with E-state index in [0.717, 1.165) is 38.2 Å². The highest BCUT2D eigenvalue weighted by Gasteiger charge is 2.19. The molecule has 1 aromatic rings. The maximum Gasteiger partial charge on any atom is 0.225 e. The Kier molecular flexibility index (Phi) is 4.60. The van der Waals surface area contributed by atoms with Crippen molar-refractivity contribution in [2.45, 2.75) is 57.5 Å². The summed E-state index contributed by atoms with van der Waals surface area (Å²) in [5.74, 6) is 0.678. The third kappa shape index (κ3) is 3.58. The van der Waals surface area contributed by atoms with Crippen LogP contribution in [0.5, 0.6) is 0 Å². The maximum absolute atomic E-state index is 12.0. The molecule has 2 aliphatic rings. The molecule has 0 saturated heterocycles. The second kappa shape index (κ2) is 6.81. The Bertz CT molecular complexity index is 548. The van der Waals surface area contributed by atoms with Crippen LogP contribution >= 0.6 is 0 Å². The topological polar surface area (TPSA) is 88.1 Å². The van der Waals surface area contributed by atoms with E-state index in [0.29, 0.717) is 11.7 Å². The number of anilines is 2. The highest BCUT2D eigenvalue weighted by Crippen LogP contribution is 2.24. The second-order valence-corrected chi connectivity index (χ2v) is 6.01. The van der Waals surface area contributed by atoms with Crippen molar-refractivity contribution in [1.29, 1.82) is 0 Å². The summed E-state index contributed by atoms with van der Waals surface area (Å²) in [4.78, 5) is 23.8. The lowest BCUT2D eigenvalue weighted by molar-refractivity contribution is -0.124. The van der Waals surface area contributed by atoms with E-state index in [2.05, 4.69) is 21.0 Å². The van der Waals surface area contributed by atoms with Gasteiger partial charge < -0.3 is 16.0 Å². The number of fused-ring (bicyclic) bond motifs is 1. The van der Waals surface area contributed by atoms with Crippen molar-refractivity contribution < 1.29 is 9.59 Å². The largest absolute Gasteiger partial charge is 0.368 e. The lowest BCUT2D eigenvalue weighted by Crippen LogP contribution is -2.33. The summed E-state index contributed by atoms with van der Waals surface area (Å²) >= 11 is 0. The number of rotatable bonds is 5. The van der Waals surface area contributed by atoms with Crippen LogP contribution in [0.1, 0.15) is 44.9 Å². The van der Waals surface area contributed by atoms with E-state index in [1.807, 2.05) is 4.68 Å². The number of amides is 2. The van der Waals surface area contributed by atoms with Crippen molar-refractivity contribution >= 4 is 23.3 Å².